The Bertz CT molecular complexity index is 742. The van der Waals surface area contributed by atoms with Crippen LogP contribution in [0.5, 0.6) is 0 Å². The maximum absolute atomic E-state index is 13.3. The van der Waals surface area contributed by atoms with E-state index in [1.54, 1.807) is 6.92 Å². The highest BCUT2D eigenvalue weighted by molar-refractivity contribution is 5.87. The quantitative estimate of drug-likeness (QED) is 0.620. The molecule has 164 valence electrons. The van der Waals surface area contributed by atoms with Crippen molar-refractivity contribution in [3.8, 4) is 0 Å². The summed E-state index contributed by atoms with van der Waals surface area (Å²) >= 11 is 0. The molecule has 1 amide bonds. The van der Waals surface area contributed by atoms with E-state index in [1.165, 1.54) is 5.01 Å². The van der Waals surface area contributed by atoms with Gasteiger partial charge in [-0.25, -0.2) is 9.80 Å². The summed E-state index contributed by atoms with van der Waals surface area (Å²) < 4.78 is 5.24. The van der Waals surface area contributed by atoms with Gasteiger partial charge in [-0.2, -0.15) is 0 Å². The highest BCUT2D eigenvalue weighted by Crippen LogP contribution is 2.24. The third-order valence-corrected chi connectivity index (χ3v) is 5.75. The van der Waals surface area contributed by atoms with Crippen molar-refractivity contribution in [3.63, 3.8) is 0 Å². The number of hydrogen-bond donors (Lipinski definition) is 2. The molecule has 3 atom stereocenters. The highest BCUT2D eigenvalue weighted by atomic mass is 16.5. The van der Waals surface area contributed by atoms with E-state index in [9.17, 15) is 19.5 Å². The van der Waals surface area contributed by atoms with E-state index < -0.39 is 24.1 Å². The van der Waals surface area contributed by atoms with E-state index in [1.807, 2.05) is 35.3 Å². The van der Waals surface area contributed by atoms with Crippen LogP contribution in [-0.4, -0.2) is 70.8 Å². The summed E-state index contributed by atoms with van der Waals surface area (Å²) in [5, 5.41) is 16.1. The van der Waals surface area contributed by atoms with Crippen molar-refractivity contribution < 1.29 is 24.2 Å². The molecule has 3 rings (SSSR count). The van der Waals surface area contributed by atoms with Gasteiger partial charge in [-0.05, 0) is 51.0 Å². The number of aryl methyl sites for hydroxylation is 1. The number of hydrazine groups is 1. The monoisotopic (exact) mass is 417 g/mol. The van der Waals surface area contributed by atoms with E-state index in [4.69, 9.17) is 4.74 Å². The van der Waals surface area contributed by atoms with Crippen LogP contribution in [0, 0.1) is 0 Å². The number of ether oxygens (including phenoxy) is 1. The van der Waals surface area contributed by atoms with Crippen molar-refractivity contribution in [1.82, 2.24) is 15.3 Å². The standard InChI is InChI=1S/C22H31N3O5/c1-2-30-22(29)18(13-12-16-8-4-3-5-9-16)23-17-10-6-14-24-15-7-11-19(21(27)28)25(24)20(17)26/h3-5,8-9,17-19,23H,2,6-7,10-15H2,1H3,(H,27,28)/t17-,18-,19+/m0/s1. The van der Waals surface area contributed by atoms with Gasteiger partial charge in [0.05, 0.1) is 12.6 Å². The lowest BCUT2D eigenvalue weighted by molar-refractivity contribution is -0.174. The third kappa shape index (κ3) is 5.37. The average Bonchev–Trinajstić information content (AvgIpc) is 2.90. The first-order chi connectivity index (χ1) is 14.5. The third-order valence-electron chi connectivity index (χ3n) is 5.75. The molecular formula is C22H31N3O5. The van der Waals surface area contributed by atoms with Crippen molar-refractivity contribution in [3.05, 3.63) is 35.9 Å². The fraction of sp³-hybridized carbons (Fsp3) is 0.591. The van der Waals surface area contributed by atoms with Crippen molar-refractivity contribution in [2.24, 2.45) is 0 Å². The maximum atomic E-state index is 13.3. The van der Waals surface area contributed by atoms with E-state index in [0.717, 1.165) is 18.4 Å². The molecule has 8 heteroatoms. The second-order valence-corrected chi connectivity index (χ2v) is 7.82. The van der Waals surface area contributed by atoms with Crippen molar-refractivity contribution in [2.75, 3.05) is 19.7 Å². The fourth-order valence-electron chi connectivity index (χ4n) is 4.26. The molecule has 2 fully saturated rings. The molecule has 0 spiro atoms. The van der Waals surface area contributed by atoms with Crippen LogP contribution < -0.4 is 5.32 Å². The Kier molecular flexibility index (Phi) is 7.81. The van der Waals surface area contributed by atoms with E-state index in [0.29, 0.717) is 38.8 Å². The molecule has 0 radical (unpaired) electrons. The minimum Gasteiger partial charge on any atom is -0.480 e. The summed E-state index contributed by atoms with van der Waals surface area (Å²) in [5.41, 5.74) is 1.11. The number of carbonyl (C=O) groups is 3. The number of carbonyl (C=O) groups excluding carboxylic acids is 2. The van der Waals surface area contributed by atoms with Gasteiger partial charge in [-0.15, -0.1) is 0 Å². The van der Waals surface area contributed by atoms with Crippen LogP contribution in [0.3, 0.4) is 0 Å². The number of benzene rings is 1. The molecule has 0 saturated carbocycles. The molecule has 1 aromatic carbocycles. The lowest BCUT2D eigenvalue weighted by atomic mass is 10.0. The van der Waals surface area contributed by atoms with Gasteiger partial charge in [0, 0.05) is 13.1 Å². The van der Waals surface area contributed by atoms with Crippen LogP contribution in [0.25, 0.3) is 0 Å². The molecule has 2 aliphatic heterocycles. The maximum Gasteiger partial charge on any atom is 0.328 e. The van der Waals surface area contributed by atoms with Crippen molar-refractivity contribution in [2.45, 2.75) is 63.6 Å². The van der Waals surface area contributed by atoms with Crippen LogP contribution in [0.15, 0.2) is 30.3 Å². The van der Waals surface area contributed by atoms with Gasteiger partial charge in [0.25, 0.3) is 5.91 Å². The Morgan fingerprint density at radius 2 is 1.90 bits per heavy atom. The molecule has 2 heterocycles. The number of carboxylic acids is 1. The zero-order chi connectivity index (χ0) is 21.5. The minimum atomic E-state index is -0.986. The Morgan fingerprint density at radius 1 is 1.20 bits per heavy atom. The summed E-state index contributed by atoms with van der Waals surface area (Å²) in [5.74, 6) is -1.64. The molecule has 0 aliphatic carbocycles. The molecule has 2 saturated heterocycles. The van der Waals surface area contributed by atoms with Gasteiger partial charge in [0.2, 0.25) is 0 Å². The summed E-state index contributed by atoms with van der Waals surface area (Å²) in [7, 11) is 0. The molecule has 2 aliphatic rings. The first kappa shape index (κ1) is 22.2. The van der Waals surface area contributed by atoms with Crippen molar-refractivity contribution in [1.29, 1.82) is 0 Å². The second kappa shape index (κ2) is 10.5. The molecule has 0 unspecified atom stereocenters. The topological polar surface area (TPSA) is 99.2 Å². The second-order valence-electron chi connectivity index (χ2n) is 7.82. The highest BCUT2D eigenvalue weighted by Gasteiger charge is 2.42. The first-order valence-electron chi connectivity index (χ1n) is 10.8. The number of nitrogens with one attached hydrogen (secondary N) is 1. The Hall–Kier alpha value is -2.45. The number of fused-ring (bicyclic) bond motifs is 1. The Labute approximate surface area is 177 Å². The smallest absolute Gasteiger partial charge is 0.328 e. The first-order valence-corrected chi connectivity index (χ1v) is 10.8. The minimum absolute atomic E-state index is 0.266. The van der Waals surface area contributed by atoms with Crippen LogP contribution in [0.2, 0.25) is 0 Å². The predicted octanol–water partition coefficient (Wildman–Crippen LogP) is 1.60. The zero-order valence-corrected chi connectivity index (χ0v) is 17.5. The summed E-state index contributed by atoms with van der Waals surface area (Å²) in [6.07, 6.45) is 3.67. The number of esters is 1. The number of hydrogen-bond acceptors (Lipinski definition) is 6. The van der Waals surface area contributed by atoms with Crippen molar-refractivity contribution >= 4 is 17.8 Å². The number of carboxylic acid groups (broad SMARTS) is 1. The van der Waals surface area contributed by atoms with Gasteiger partial charge >= 0.3 is 11.9 Å². The molecule has 30 heavy (non-hydrogen) atoms. The largest absolute Gasteiger partial charge is 0.480 e. The predicted molar refractivity (Wildman–Crippen MR) is 110 cm³/mol. The van der Waals surface area contributed by atoms with Crippen LogP contribution in [0.1, 0.15) is 44.6 Å². The van der Waals surface area contributed by atoms with Gasteiger partial charge in [-0.3, -0.25) is 19.9 Å². The SMILES string of the molecule is CCOC(=O)[C@H](CCc1ccccc1)N[C@H]1CCCN2CCC[C@H](C(=O)O)N2C1=O. The van der Waals surface area contributed by atoms with E-state index >= 15 is 0 Å². The molecule has 1 aromatic rings. The van der Waals surface area contributed by atoms with Crippen LogP contribution in [-0.2, 0) is 25.5 Å². The van der Waals surface area contributed by atoms with E-state index in [-0.39, 0.29) is 18.5 Å². The van der Waals surface area contributed by atoms with E-state index in [2.05, 4.69) is 5.32 Å². The number of amides is 1. The molecule has 0 bridgehead atoms. The molecule has 2 N–H and O–H groups in total. The van der Waals surface area contributed by atoms with Crippen LogP contribution >= 0.6 is 0 Å². The summed E-state index contributed by atoms with van der Waals surface area (Å²) in [6, 6.07) is 7.77. The lowest BCUT2D eigenvalue weighted by Crippen LogP contribution is -2.61. The van der Waals surface area contributed by atoms with Gasteiger partial charge < -0.3 is 9.84 Å². The normalized spacial score (nSPS) is 23.4. The molecular weight excluding hydrogens is 386 g/mol. The Morgan fingerprint density at radius 3 is 2.57 bits per heavy atom. The Balaban J connectivity index is 1.73. The summed E-state index contributed by atoms with van der Waals surface area (Å²) in [6.45, 7) is 3.34. The van der Waals surface area contributed by atoms with Crippen LogP contribution in [0.4, 0.5) is 0 Å². The van der Waals surface area contributed by atoms with Gasteiger partial charge in [-0.1, -0.05) is 30.3 Å². The average molecular weight is 418 g/mol. The number of nitrogens with zero attached hydrogens (tertiary/aromatic N) is 2. The van der Waals surface area contributed by atoms with Gasteiger partial charge in [0.15, 0.2) is 0 Å². The molecule has 0 aromatic heterocycles. The fourth-order valence-corrected chi connectivity index (χ4v) is 4.26. The van der Waals surface area contributed by atoms with Gasteiger partial charge in [0.1, 0.15) is 12.1 Å². The molecule has 8 nitrogen and oxygen atoms in total. The number of rotatable bonds is 8. The lowest BCUT2D eigenvalue weighted by Gasteiger charge is -2.42. The zero-order valence-electron chi connectivity index (χ0n) is 17.5. The number of aliphatic carboxylic acids is 1. The summed E-state index contributed by atoms with van der Waals surface area (Å²) in [4.78, 5) is 37.6.